The Morgan fingerprint density at radius 1 is 0.750 bits per heavy atom. The van der Waals surface area contributed by atoms with E-state index in [9.17, 15) is 19.8 Å². The monoisotopic (exact) mass is 488 g/mol. The van der Waals surface area contributed by atoms with Gasteiger partial charge in [0.25, 0.3) is 0 Å². The second kappa shape index (κ2) is 6.82. The number of carbonyl (C=O) groups is 2. The molecule has 186 valence electrons. The van der Waals surface area contributed by atoms with Crippen molar-refractivity contribution in [2.24, 2.45) is 47.3 Å². The molecule has 0 aromatic heterocycles. The van der Waals surface area contributed by atoms with Crippen LogP contribution in [0, 0.1) is 47.3 Å². The van der Waals surface area contributed by atoms with Gasteiger partial charge in [-0.05, 0) is 78.0 Å². The van der Waals surface area contributed by atoms with Crippen molar-refractivity contribution in [3.63, 3.8) is 0 Å². The Kier molecular flexibility index (Phi) is 3.99. The van der Waals surface area contributed by atoms with Gasteiger partial charge in [0.15, 0.2) is 0 Å². The molecule has 2 saturated heterocycles. The third-order valence-electron chi connectivity index (χ3n) is 10.9. The van der Waals surface area contributed by atoms with E-state index in [-0.39, 0.29) is 22.3 Å². The Morgan fingerprint density at radius 2 is 1.19 bits per heavy atom. The molecule has 10 unspecified atom stereocenters. The fourth-order valence-corrected chi connectivity index (χ4v) is 10.5. The molecule has 0 amide bonds. The number of rotatable bonds is 10. The number of para-hydroxylation sites is 2. The Morgan fingerprint density at radius 3 is 1.64 bits per heavy atom. The molecule has 7 heteroatoms. The van der Waals surface area contributed by atoms with Crippen molar-refractivity contribution in [2.45, 2.75) is 30.5 Å². The van der Waals surface area contributed by atoms with Crippen LogP contribution in [0.2, 0.25) is 0 Å². The molecule has 4 bridgehead atoms. The van der Waals surface area contributed by atoms with Gasteiger partial charge in [-0.25, -0.2) is 9.59 Å². The first-order valence-electron chi connectivity index (χ1n) is 13.1. The van der Waals surface area contributed by atoms with Gasteiger partial charge in [0, 0.05) is 12.8 Å². The molecule has 0 radical (unpaired) electrons. The smallest absolute Gasteiger partial charge is 0.339 e. The Hall–Kier alpha value is -3.06. The number of carboxylic acid groups (broad SMARTS) is 2. The van der Waals surface area contributed by atoms with Gasteiger partial charge in [0.05, 0.1) is 24.4 Å². The van der Waals surface area contributed by atoms with Crippen molar-refractivity contribution in [1.82, 2.24) is 0 Å². The first-order chi connectivity index (χ1) is 17.5. The number of aromatic carboxylic acids is 2. The van der Waals surface area contributed by atoms with Gasteiger partial charge < -0.3 is 24.4 Å². The standard InChI is InChI=1S/C29H28O7/c30-26(31)14-5-1-3-7-18(14)34-11-9-28-22-16-13-17-21-20(16)24(28)25(21)29(36-28,23(17)22)10-12-35-19-8-4-2-6-15(19)27(32)33/h1-8,16-17,20-25H,9-13H2,(H,30,31)(H,32,33). The quantitative estimate of drug-likeness (QED) is 0.516. The number of hydrogen-bond donors (Lipinski definition) is 2. The molecule has 5 aliphatic carbocycles. The van der Waals surface area contributed by atoms with E-state index in [0.29, 0.717) is 48.4 Å². The van der Waals surface area contributed by atoms with Crippen LogP contribution in [0.15, 0.2) is 48.5 Å². The van der Waals surface area contributed by atoms with E-state index in [1.165, 1.54) is 6.42 Å². The summed E-state index contributed by atoms with van der Waals surface area (Å²) in [5.74, 6) is 4.25. The average Bonchev–Trinajstić information content (AvgIpc) is 3.52. The van der Waals surface area contributed by atoms with Crippen molar-refractivity contribution >= 4 is 11.9 Å². The Labute approximate surface area is 208 Å². The highest BCUT2D eigenvalue weighted by atomic mass is 16.6. The lowest BCUT2D eigenvalue weighted by Gasteiger charge is -2.47. The average molecular weight is 489 g/mol. The lowest BCUT2D eigenvalue weighted by Crippen LogP contribution is -2.52. The molecule has 2 aliphatic heterocycles. The van der Waals surface area contributed by atoms with Crippen molar-refractivity contribution in [3.8, 4) is 11.5 Å². The Bertz CT molecular complexity index is 1200. The van der Waals surface area contributed by atoms with E-state index in [1.54, 1.807) is 48.5 Å². The SMILES string of the molecule is O=C(O)c1ccccc1OCCC12OC3(CCOc4ccccc4C(=O)O)C4C5CC(C6C5C3C61)C42. The van der Waals surface area contributed by atoms with E-state index in [2.05, 4.69) is 0 Å². The molecule has 2 heterocycles. The van der Waals surface area contributed by atoms with Gasteiger partial charge >= 0.3 is 11.9 Å². The first-order valence-corrected chi connectivity index (χ1v) is 13.1. The topological polar surface area (TPSA) is 102 Å². The van der Waals surface area contributed by atoms with E-state index >= 15 is 0 Å². The van der Waals surface area contributed by atoms with Gasteiger partial charge in [-0.2, -0.15) is 0 Å². The second-order valence-electron chi connectivity index (χ2n) is 11.6. The highest BCUT2D eigenvalue weighted by molar-refractivity contribution is 5.91. The van der Waals surface area contributed by atoms with Crippen molar-refractivity contribution in [1.29, 1.82) is 0 Å². The fourth-order valence-electron chi connectivity index (χ4n) is 10.5. The van der Waals surface area contributed by atoms with Crippen LogP contribution in [-0.4, -0.2) is 46.6 Å². The third kappa shape index (κ3) is 2.25. The van der Waals surface area contributed by atoms with Crippen LogP contribution in [0.4, 0.5) is 0 Å². The minimum absolute atomic E-state index is 0.163. The van der Waals surface area contributed by atoms with Crippen LogP contribution in [0.3, 0.4) is 0 Å². The summed E-state index contributed by atoms with van der Waals surface area (Å²) in [6, 6.07) is 13.6. The van der Waals surface area contributed by atoms with Gasteiger partial charge in [-0.15, -0.1) is 0 Å². The fraction of sp³-hybridized carbons (Fsp3) is 0.517. The second-order valence-corrected chi connectivity index (χ2v) is 11.6. The molecule has 7 aliphatic rings. The molecule has 7 nitrogen and oxygen atoms in total. The molecule has 7 fully saturated rings. The normalized spacial score (nSPS) is 42.8. The van der Waals surface area contributed by atoms with E-state index in [0.717, 1.165) is 36.5 Å². The summed E-state index contributed by atoms with van der Waals surface area (Å²) in [6.45, 7) is 0.897. The number of ether oxygens (including phenoxy) is 3. The molecule has 36 heavy (non-hydrogen) atoms. The number of hydrogen-bond acceptors (Lipinski definition) is 5. The summed E-state index contributed by atoms with van der Waals surface area (Å²) in [5.41, 5.74) is 0.0575. The lowest BCUT2D eigenvalue weighted by molar-refractivity contribution is -0.0872. The van der Waals surface area contributed by atoms with E-state index in [1.807, 2.05) is 0 Å². The van der Waals surface area contributed by atoms with Crippen LogP contribution in [-0.2, 0) is 4.74 Å². The lowest BCUT2D eigenvalue weighted by atomic mass is 9.54. The maximum atomic E-state index is 11.6. The zero-order valence-electron chi connectivity index (χ0n) is 19.7. The molecule has 5 saturated carbocycles. The zero-order valence-corrected chi connectivity index (χ0v) is 19.7. The van der Waals surface area contributed by atoms with Gasteiger partial charge in [-0.1, -0.05) is 24.3 Å². The van der Waals surface area contributed by atoms with Gasteiger partial charge in [0.2, 0.25) is 0 Å². The Balaban J connectivity index is 1.02. The highest BCUT2D eigenvalue weighted by Crippen LogP contribution is 2.93. The first kappa shape index (κ1) is 21.1. The summed E-state index contributed by atoms with van der Waals surface area (Å²) < 4.78 is 19.3. The summed E-state index contributed by atoms with van der Waals surface area (Å²) in [6.07, 6.45) is 2.91. The van der Waals surface area contributed by atoms with Crippen LogP contribution in [0.25, 0.3) is 0 Å². The van der Waals surface area contributed by atoms with E-state index in [4.69, 9.17) is 14.2 Å². The summed E-state index contributed by atoms with van der Waals surface area (Å²) in [4.78, 5) is 23.2. The summed E-state index contributed by atoms with van der Waals surface area (Å²) in [7, 11) is 0. The predicted octanol–water partition coefficient (Wildman–Crippen LogP) is 4.22. The summed E-state index contributed by atoms with van der Waals surface area (Å²) in [5, 5.41) is 19.0. The minimum atomic E-state index is -0.979. The van der Waals surface area contributed by atoms with E-state index < -0.39 is 11.9 Å². The predicted molar refractivity (Wildman–Crippen MR) is 126 cm³/mol. The molecule has 2 aromatic rings. The molecule has 2 aromatic carbocycles. The van der Waals surface area contributed by atoms with Crippen LogP contribution in [0.1, 0.15) is 40.0 Å². The van der Waals surface area contributed by atoms with Crippen LogP contribution in [0.5, 0.6) is 11.5 Å². The maximum absolute atomic E-state index is 11.6. The number of benzene rings is 2. The third-order valence-corrected chi connectivity index (χ3v) is 10.9. The van der Waals surface area contributed by atoms with Crippen molar-refractivity contribution in [2.75, 3.05) is 13.2 Å². The van der Waals surface area contributed by atoms with Crippen LogP contribution >= 0.6 is 0 Å². The van der Waals surface area contributed by atoms with Crippen molar-refractivity contribution < 1.29 is 34.0 Å². The molecule has 2 N–H and O–H groups in total. The molecule has 0 spiro atoms. The zero-order chi connectivity index (χ0) is 24.4. The molecule has 10 atom stereocenters. The summed E-state index contributed by atoms with van der Waals surface area (Å²) >= 11 is 0. The number of carboxylic acids is 2. The largest absolute Gasteiger partial charge is 0.493 e. The minimum Gasteiger partial charge on any atom is -0.493 e. The molecular formula is C29H28O7. The maximum Gasteiger partial charge on any atom is 0.339 e. The highest BCUT2D eigenvalue weighted by Gasteiger charge is 2.96. The molecular weight excluding hydrogens is 460 g/mol. The van der Waals surface area contributed by atoms with Gasteiger partial charge in [-0.3, -0.25) is 0 Å². The van der Waals surface area contributed by atoms with Crippen molar-refractivity contribution in [3.05, 3.63) is 59.7 Å². The van der Waals surface area contributed by atoms with Crippen LogP contribution < -0.4 is 9.47 Å². The molecule has 9 rings (SSSR count). The van der Waals surface area contributed by atoms with Gasteiger partial charge in [0.1, 0.15) is 22.6 Å².